The van der Waals surface area contributed by atoms with Gasteiger partial charge in [0.25, 0.3) is 0 Å². The van der Waals surface area contributed by atoms with Crippen molar-refractivity contribution >= 4 is 60.9 Å². The largest absolute Gasteiger partial charge is 0.206 e. The van der Waals surface area contributed by atoms with Crippen molar-refractivity contribution < 1.29 is 4.39 Å². The highest BCUT2D eigenvalue weighted by Gasteiger charge is 2.15. The summed E-state index contributed by atoms with van der Waals surface area (Å²) in [7, 11) is 0. The van der Waals surface area contributed by atoms with Gasteiger partial charge in [-0.25, -0.2) is 4.39 Å². The van der Waals surface area contributed by atoms with Crippen LogP contribution in [0.15, 0.2) is 54.6 Å². The Morgan fingerprint density at radius 1 is 1.00 bits per heavy atom. The van der Waals surface area contributed by atoms with Crippen LogP contribution in [0, 0.1) is 9.39 Å². The SMILES string of the molecule is Fc1ccc(C(Br)c2ccc(I)c(Cl)c2)c2ccccc12. The van der Waals surface area contributed by atoms with Crippen LogP contribution >= 0.6 is 50.1 Å². The Morgan fingerprint density at radius 3 is 2.43 bits per heavy atom. The van der Waals surface area contributed by atoms with Crippen molar-refractivity contribution in [3.63, 3.8) is 0 Å². The standard InChI is InChI=1S/C17H10BrClFI/c18-17(10-5-8-16(21)14(19)9-10)13-6-7-15(20)12-4-2-1-3-11(12)13/h1-9,17H. The first-order chi connectivity index (χ1) is 10.1. The van der Waals surface area contributed by atoms with Crippen molar-refractivity contribution in [3.05, 3.63) is 80.1 Å². The third-order valence-corrected chi connectivity index (χ3v) is 6.01. The molecule has 0 radical (unpaired) electrons. The molecule has 0 aliphatic carbocycles. The predicted molar refractivity (Wildman–Crippen MR) is 98.8 cm³/mol. The molecular weight excluding hydrogens is 465 g/mol. The lowest BCUT2D eigenvalue weighted by Gasteiger charge is -2.15. The number of hydrogen-bond donors (Lipinski definition) is 0. The zero-order valence-corrected chi connectivity index (χ0v) is 15.3. The Hall–Kier alpha value is -0.650. The molecule has 0 bridgehead atoms. The van der Waals surface area contributed by atoms with Gasteiger partial charge in [0.1, 0.15) is 5.82 Å². The topological polar surface area (TPSA) is 0 Å². The van der Waals surface area contributed by atoms with E-state index in [-0.39, 0.29) is 10.6 Å². The van der Waals surface area contributed by atoms with Gasteiger partial charge in [0.2, 0.25) is 0 Å². The van der Waals surface area contributed by atoms with Crippen molar-refractivity contribution in [2.24, 2.45) is 0 Å². The molecule has 1 atom stereocenters. The molecule has 3 aromatic carbocycles. The number of alkyl halides is 1. The molecule has 0 heterocycles. The molecule has 4 heteroatoms. The summed E-state index contributed by atoms with van der Waals surface area (Å²) in [5.74, 6) is -0.199. The minimum Gasteiger partial charge on any atom is -0.206 e. The van der Waals surface area contributed by atoms with E-state index in [0.29, 0.717) is 5.39 Å². The number of halogens is 4. The summed E-state index contributed by atoms with van der Waals surface area (Å²) in [5.41, 5.74) is 2.08. The van der Waals surface area contributed by atoms with Gasteiger partial charge in [-0.2, -0.15) is 0 Å². The normalized spacial score (nSPS) is 12.6. The highest BCUT2D eigenvalue weighted by molar-refractivity contribution is 14.1. The van der Waals surface area contributed by atoms with Gasteiger partial charge in [-0.1, -0.05) is 63.9 Å². The van der Waals surface area contributed by atoms with Gasteiger partial charge in [0.15, 0.2) is 0 Å². The summed E-state index contributed by atoms with van der Waals surface area (Å²) in [6, 6.07) is 16.8. The smallest absolute Gasteiger partial charge is 0.131 e. The summed E-state index contributed by atoms with van der Waals surface area (Å²) in [6.45, 7) is 0. The van der Waals surface area contributed by atoms with Crippen molar-refractivity contribution in [3.8, 4) is 0 Å². The Morgan fingerprint density at radius 2 is 1.71 bits per heavy atom. The number of hydrogen-bond acceptors (Lipinski definition) is 0. The van der Waals surface area contributed by atoms with Crippen LogP contribution < -0.4 is 0 Å². The first-order valence-electron chi connectivity index (χ1n) is 6.34. The molecule has 0 aliphatic heterocycles. The Bertz CT molecular complexity index is 819. The van der Waals surface area contributed by atoms with Crippen molar-refractivity contribution in [2.45, 2.75) is 4.83 Å². The summed E-state index contributed by atoms with van der Waals surface area (Å²) >= 11 is 12.1. The highest BCUT2D eigenvalue weighted by Crippen LogP contribution is 2.37. The third kappa shape index (κ3) is 2.96. The van der Waals surface area contributed by atoms with E-state index in [1.165, 1.54) is 6.07 Å². The highest BCUT2D eigenvalue weighted by atomic mass is 127. The van der Waals surface area contributed by atoms with E-state index in [4.69, 9.17) is 11.6 Å². The van der Waals surface area contributed by atoms with E-state index in [9.17, 15) is 4.39 Å². The molecule has 0 nitrogen and oxygen atoms in total. The maximum absolute atomic E-state index is 13.9. The number of rotatable bonds is 2. The molecule has 0 aliphatic rings. The Labute approximate surface area is 149 Å². The van der Waals surface area contributed by atoms with Crippen LogP contribution in [-0.2, 0) is 0 Å². The fourth-order valence-electron chi connectivity index (χ4n) is 2.36. The minimum atomic E-state index is -0.199. The Kier molecular flexibility index (Phi) is 4.52. The molecule has 0 spiro atoms. The van der Waals surface area contributed by atoms with Crippen LogP contribution in [0.4, 0.5) is 4.39 Å². The van der Waals surface area contributed by atoms with E-state index in [2.05, 4.69) is 38.5 Å². The lowest BCUT2D eigenvalue weighted by molar-refractivity contribution is 0.639. The lowest BCUT2D eigenvalue weighted by Crippen LogP contribution is -1.96. The van der Waals surface area contributed by atoms with Crippen molar-refractivity contribution in [2.75, 3.05) is 0 Å². The van der Waals surface area contributed by atoms with E-state index >= 15 is 0 Å². The quantitative estimate of drug-likeness (QED) is 0.285. The molecular formula is C17H10BrClFI. The van der Waals surface area contributed by atoms with Crippen LogP contribution in [-0.4, -0.2) is 0 Å². The summed E-state index contributed by atoms with van der Waals surface area (Å²) in [4.78, 5) is -0.0301. The minimum absolute atomic E-state index is 0.0301. The van der Waals surface area contributed by atoms with Gasteiger partial charge in [-0.15, -0.1) is 0 Å². The maximum atomic E-state index is 13.9. The lowest BCUT2D eigenvalue weighted by atomic mass is 9.98. The molecule has 0 saturated heterocycles. The average molecular weight is 476 g/mol. The van der Waals surface area contributed by atoms with Crippen molar-refractivity contribution in [1.29, 1.82) is 0 Å². The molecule has 106 valence electrons. The molecule has 0 N–H and O–H groups in total. The first-order valence-corrected chi connectivity index (χ1v) is 8.71. The van der Waals surface area contributed by atoms with Crippen molar-refractivity contribution in [1.82, 2.24) is 0 Å². The second-order valence-electron chi connectivity index (χ2n) is 4.72. The van der Waals surface area contributed by atoms with Gasteiger partial charge in [-0.3, -0.25) is 0 Å². The molecule has 0 fully saturated rings. The molecule has 0 saturated carbocycles. The molecule has 0 amide bonds. The maximum Gasteiger partial charge on any atom is 0.131 e. The van der Waals surface area contributed by atoms with Gasteiger partial charge in [0, 0.05) is 8.96 Å². The molecule has 3 aromatic rings. The fourth-order valence-corrected chi connectivity index (χ4v) is 3.56. The van der Waals surface area contributed by atoms with Gasteiger partial charge < -0.3 is 0 Å². The second kappa shape index (κ2) is 6.23. The van der Waals surface area contributed by atoms with Gasteiger partial charge >= 0.3 is 0 Å². The van der Waals surface area contributed by atoms with E-state index in [1.807, 2.05) is 42.5 Å². The average Bonchev–Trinajstić information content (AvgIpc) is 2.50. The van der Waals surface area contributed by atoms with Crippen LogP contribution in [0.5, 0.6) is 0 Å². The molecule has 1 unspecified atom stereocenters. The van der Waals surface area contributed by atoms with E-state index in [1.54, 1.807) is 6.07 Å². The summed E-state index contributed by atoms with van der Waals surface area (Å²) in [6.07, 6.45) is 0. The Balaban J connectivity index is 2.15. The first kappa shape index (κ1) is 15.3. The predicted octanol–water partition coefficient (Wildman–Crippen LogP) is 6.72. The second-order valence-corrected chi connectivity index (χ2v) is 7.20. The van der Waals surface area contributed by atoms with E-state index in [0.717, 1.165) is 25.1 Å². The summed E-state index contributed by atoms with van der Waals surface area (Å²) < 4.78 is 14.9. The van der Waals surface area contributed by atoms with Crippen LogP contribution in [0.1, 0.15) is 16.0 Å². The number of benzene rings is 3. The zero-order chi connectivity index (χ0) is 15.0. The molecule has 3 rings (SSSR count). The van der Waals surface area contributed by atoms with E-state index < -0.39 is 0 Å². The van der Waals surface area contributed by atoms with Crippen LogP contribution in [0.25, 0.3) is 10.8 Å². The monoisotopic (exact) mass is 474 g/mol. The third-order valence-electron chi connectivity index (χ3n) is 3.41. The van der Waals surface area contributed by atoms with Gasteiger partial charge in [0.05, 0.1) is 9.85 Å². The fraction of sp³-hybridized carbons (Fsp3) is 0.0588. The number of fused-ring (bicyclic) bond motifs is 1. The van der Waals surface area contributed by atoms with Crippen LogP contribution in [0.3, 0.4) is 0 Å². The van der Waals surface area contributed by atoms with Gasteiger partial charge in [-0.05, 0) is 57.3 Å². The molecule has 0 aromatic heterocycles. The molecule has 21 heavy (non-hydrogen) atoms. The van der Waals surface area contributed by atoms with Crippen LogP contribution in [0.2, 0.25) is 5.02 Å². The summed E-state index contributed by atoms with van der Waals surface area (Å²) in [5, 5.41) is 2.27. The zero-order valence-electron chi connectivity index (χ0n) is 10.8.